The van der Waals surface area contributed by atoms with E-state index in [2.05, 4.69) is 9.47 Å². The molecule has 0 heterocycles. The highest BCUT2D eigenvalue weighted by molar-refractivity contribution is 14.1. The number of alkyl halides is 3. The van der Waals surface area contributed by atoms with Gasteiger partial charge < -0.3 is 9.47 Å². The Morgan fingerprint density at radius 2 is 2.00 bits per heavy atom. The fraction of sp³-hybridized carbons (Fsp3) is 0.222. The Hall–Kier alpha value is -0.990. The second kappa shape index (κ2) is 4.89. The molecular formula is C9H6F3IO3. The van der Waals surface area contributed by atoms with E-state index in [-0.39, 0.29) is 5.56 Å². The first-order valence-electron chi connectivity index (χ1n) is 3.97. The van der Waals surface area contributed by atoms with E-state index in [0.717, 1.165) is 13.2 Å². The first kappa shape index (κ1) is 13.1. The average Bonchev–Trinajstić information content (AvgIpc) is 2.17. The van der Waals surface area contributed by atoms with Crippen molar-refractivity contribution >= 4 is 28.6 Å². The fourth-order valence-electron chi connectivity index (χ4n) is 0.985. The van der Waals surface area contributed by atoms with Crippen molar-refractivity contribution in [2.75, 3.05) is 7.11 Å². The molecule has 0 aliphatic carbocycles. The first-order chi connectivity index (χ1) is 7.33. The van der Waals surface area contributed by atoms with Crippen molar-refractivity contribution < 1.29 is 27.4 Å². The number of esters is 1. The lowest BCUT2D eigenvalue weighted by atomic mass is 10.2. The van der Waals surface area contributed by atoms with Crippen LogP contribution >= 0.6 is 22.6 Å². The minimum atomic E-state index is -4.84. The maximum absolute atomic E-state index is 12.0. The molecule has 1 aromatic rings. The molecule has 88 valence electrons. The summed E-state index contributed by atoms with van der Waals surface area (Å²) in [7, 11) is 1.08. The van der Waals surface area contributed by atoms with Gasteiger partial charge in [0, 0.05) is 3.57 Å². The number of methoxy groups -OCH3 is 1. The second-order valence-corrected chi connectivity index (χ2v) is 3.93. The molecule has 0 aromatic heterocycles. The van der Waals surface area contributed by atoms with Crippen LogP contribution in [0.25, 0.3) is 0 Å². The van der Waals surface area contributed by atoms with Crippen LogP contribution in [0.15, 0.2) is 18.2 Å². The monoisotopic (exact) mass is 346 g/mol. The fourth-order valence-corrected chi connectivity index (χ4v) is 1.48. The van der Waals surface area contributed by atoms with Gasteiger partial charge in [-0.3, -0.25) is 0 Å². The van der Waals surface area contributed by atoms with Gasteiger partial charge in [-0.2, -0.15) is 0 Å². The molecule has 0 aliphatic rings. The highest BCUT2D eigenvalue weighted by atomic mass is 127. The molecule has 0 unspecified atom stereocenters. The molecular weight excluding hydrogens is 340 g/mol. The van der Waals surface area contributed by atoms with Crippen molar-refractivity contribution in [2.24, 2.45) is 0 Å². The molecule has 16 heavy (non-hydrogen) atoms. The standard InChI is InChI=1S/C9H6F3IO3/c1-15-8(14)6-4-5(13)2-3-7(6)16-9(10,11)12/h2-4H,1H3. The number of carbonyl (C=O) groups is 1. The molecule has 0 aliphatic heterocycles. The summed E-state index contributed by atoms with van der Waals surface area (Å²) >= 11 is 1.86. The number of benzene rings is 1. The predicted molar refractivity (Wildman–Crippen MR) is 57.2 cm³/mol. The maximum Gasteiger partial charge on any atom is 0.573 e. The van der Waals surface area contributed by atoms with Gasteiger partial charge in [0.2, 0.25) is 0 Å². The zero-order chi connectivity index (χ0) is 12.3. The highest BCUT2D eigenvalue weighted by Crippen LogP contribution is 2.28. The molecule has 3 nitrogen and oxygen atoms in total. The summed E-state index contributed by atoms with van der Waals surface area (Å²) in [6.07, 6.45) is -4.84. The van der Waals surface area contributed by atoms with E-state index in [4.69, 9.17) is 0 Å². The smallest absolute Gasteiger partial charge is 0.465 e. The van der Waals surface area contributed by atoms with Crippen molar-refractivity contribution in [2.45, 2.75) is 6.36 Å². The number of ether oxygens (including phenoxy) is 2. The number of hydrogen-bond donors (Lipinski definition) is 0. The lowest BCUT2D eigenvalue weighted by Crippen LogP contribution is -2.19. The quantitative estimate of drug-likeness (QED) is 0.610. The van der Waals surface area contributed by atoms with Crippen LogP contribution in [-0.4, -0.2) is 19.4 Å². The molecule has 0 bridgehead atoms. The van der Waals surface area contributed by atoms with E-state index in [1.807, 2.05) is 22.6 Å². The lowest BCUT2D eigenvalue weighted by Gasteiger charge is -2.12. The zero-order valence-electron chi connectivity index (χ0n) is 7.97. The number of rotatable bonds is 2. The predicted octanol–water partition coefficient (Wildman–Crippen LogP) is 2.98. The van der Waals surface area contributed by atoms with Crippen LogP contribution < -0.4 is 4.74 Å². The largest absolute Gasteiger partial charge is 0.573 e. The zero-order valence-corrected chi connectivity index (χ0v) is 10.1. The Morgan fingerprint density at radius 1 is 1.38 bits per heavy atom. The summed E-state index contributed by atoms with van der Waals surface area (Å²) in [6, 6.07) is 3.73. The van der Waals surface area contributed by atoms with Gasteiger partial charge in [-0.15, -0.1) is 13.2 Å². The van der Waals surface area contributed by atoms with Crippen molar-refractivity contribution in [1.82, 2.24) is 0 Å². The van der Waals surface area contributed by atoms with Gasteiger partial charge >= 0.3 is 12.3 Å². The summed E-state index contributed by atoms with van der Waals surface area (Å²) in [5.74, 6) is -1.45. The van der Waals surface area contributed by atoms with Gasteiger partial charge in [-0.1, -0.05) is 0 Å². The van der Waals surface area contributed by atoms with Gasteiger partial charge in [-0.25, -0.2) is 4.79 Å². The molecule has 7 heteroatoms. The maximum atomic E-state index is 12.0. The van der Waals surface area contributed by atoms with Crippen molar-refractivity contribution in [3.8, 4) is 5.75 Å². The van der Waals surface area contributed by atoms with Crippen LogP contribution in [0.5, 0.6) is 5.75 Å². The van der Waals surface area contributed by atoms with Crippen molar-refractivity contribution in [1.29, 1.82) is 0 Å². The van der Waals surface area contributed by atoms with Crippen molar-refractivity contribution in [3.63, 3.8) is 0 Å². The van der Waals surface area contributed by atoms with Gasteiger partial charge in [-0.05, 0) is 40.8 Å². The molecule has 0 radical (unpaired) electrons. The number of halogens is 4. The van der Waals surface area contributed by atoms with E-state index in [1.165, 1.54) is 12.1 Å². The van der Waals surface area contributed by atoms with Gasteiger partial charge in [0.05, 0.1) is 7.11 Å². The first-order valence-corrected chi connectivity index (χ1v) is 5.05. The minimum Gasteiger partial charge on any atom is -0.465 e. The van der Waals surface area contributed by atoms with E-state index in [1.54, 1.807) is 0 Å². The van der Waals surface area contributed by atoms with Gasteiger partial charge in [0.1, 0.15) is 11.3 Å². The van der Waals surface area contributed by atoms with E-state index >= 15 is 0 Å². The molecule has 0 amide bonds. The normalized spacial score (nSPS) is 11.1. The van der Waals surface area contributed by atoms with Crippen LogP contribution in [0.4, 0.5) is 13.2 Å². The molecule has 1 rings (SSSR count). The molecule has 0 fully saturated rings. The summed E-state index contributed by atoms with van der Waals surface area (Å²) in [5, 5.41) is 0. The molecule has 0 saturated carbocycles. The second-order valence-electron chi connectivity index (χ2n) is 2.68. The lowest BCUT2D eigenvalue weighted by molar-refractivity contribution is -0.274. The number of carbonyl (C=O) groups excluding carboxylic acids is 1. The van der Waals surface area contributed by atoms with Crippen LogP contribution in [0.2, 0.25) is 0 Å². The van der Waals surface area contributed by atoms with Gasteiger partial charge in [0.15, 0.2) is 0 Å². The van der Waals surface area contributed by atoms with Crippen LogP contribution in [-0.2, 0) is 4.74 Å². The summed E-state index contributed by atoms with van der Waals surface area (Å²) in [4.78, 5) is 11.2. The Morgan fingerprint density at radius 3 is 2.50 bits per heavy atom. The molecule has 0 saturated heterocycles. The SMILES string of the molecule is COC(=O)c1cc(I)ccc1OC(F)(F)F. The van der Waals surface area contributed by atoms with Crippen LogP contribution in [0.1, 0.15) is 10.4 Å². The third-order valence-corrected chi connectivity index (χ3v) is 2.24. The molecule has 0 spiro atoms. The highest BCUT2D eigenvalue weighted by Gasteiger charge is 2.33. The summed E-state index contributed by atoms with van der Waals surface area (Å²) in [6.45, 7) is 0. The number of hydrogen-bond acceptors (Lipinski definition) is 3. The van der Waals surface area contributed by atoms with Crippen LogP contribution in [0.3, 0.4) is 0 Å². The topological polar surface area (TPSA) is 35.5 Å². The third kappa shape index (κ3) is 3.54. The average molecular weight is 346 g/mol. The molecule has 0 atom stereocenters. The van der Waals surface area contributed by atoms with Gasteiger partial charge in [0.25, 0.3) is 0 Å². The Kier molecular flexibility index (Phi) is 4.00. The minimum absolute atomic E-state index is 0.258. The van der Waals surface area contributed by atoms with E-state index < -0.39 is 18.1 Å². The van der Waals surface area contributed by atoms with Crippen molar-refractivity contribution in [3.05, 3.63) is 27.3 Å². The Bertz CT molecular complexity index is 403. The van der Waals surface area contributed by atoms with E-state index in [0.29, 0.717) is 3.57 Å². The van der Waals surface area contributed by atoms with Crippen LogP contribution in [0, 0.1) is 3.57 Å². The summed E-state index contributed by atoms with van der Waals surface area (Å²) < 4.78 is 44.7. The summed E-state index contributed by atoms with van der Waals surface area (Å²) in [5.41, 5.74) is -0.258. The molecule has 0 N–H and O–H groups in total. The third-order valence-electron chi connectivity index (χ3n) is 1.57. The Balaban J connectivity index is 3.13. The molecule has 1 aromatic carbocycles. The Labute approximate surface area is 103 Å². The van der Waals surface area contributed by atoms with E-state index in [9.17, 15) is 18.0 Å².